The van der Waals surface area contributed by atoms with E-state index in [2.05, 4.69) is 0 Å². The summed E-state index contributed by atoms with van der Waals surface area (Å²) in [4.78, 5) is 20.1. The molecule has 0 radical (unpaired) electrons. The third kappa shape index (κ3) is 3.85. The molecule has 0 aromatic carbocycles. The van der Waals surface area contributed by atoms with Crippen LogP contribution in [0.2, 0.25) is 0 Å². The molecule has 0 spiro atoms. The molecular formula is C5H10N2O3. The van der Waals surface area contributed by atoms with Crippen molar-refractivity contribution in [2.75, 3.05) is 0 Å². The summed E-state index contributed by atoms with van der Waals surface area (Å²) in [7, 11) is 0. The van der Waals surface area contributed by atoms with E-state index in [9.17, 15) is 9.59 Å². The predicted octanol–water partition coefficient (Wildman–Crippen LogP) is -1.34. The Morgan fingerprint density at radius 1 is 1.50 bits per heavy atom. The molecule has 0 aromatic rings. The number of carboxylic acid groups (broad SMARTS) is 1. The molecule has 1 amide bonds. The van der Waals surface area contributed by atoms with Gasteiger partial charge < -0.3 is 16.6 Å². The van der Waals surface area contributed by atoms with Gasteiger partial charge in [-0.1, -0.05) is 0 Å². The Kier molecular flexibility index (Phi) is 3.42. The topological polar surface area (TPSA) is 106 Å². The Morgan fingerprint density at radius 3 is 2.30 bits per heavy atom. The molecule has 0 saturated heterocycles. The van der Waals surface area contributed by atoms with Crippen LogP contribution in [0.4, 0.5) is 0 Å². The smallest absolute Gasteiger partial charge is 0.320 e. The van der Waals surface area contributed by atoms with Crippen LogP contribution in [0.3, 0.4) is 0 Å². The molecule has 0 heterocycles. The van der Waals surface area contributed by atoms with Gasteiger partial charge >= 0.3 is 5.97 Å². The third-order valence-electron chi connectivity index (χ3n) is 1.02. The summed E-state index contributed by atoms with van der Waals surface area (Å²) in [6.07, 6.45) is 0.123. The number of hydrogen-bond donors (Lipinski definition) is 3. The van der Waals surface area contributed by atoms with Crippen molar-refractivity contribution in [3.8, 4) is 0 Å². The number of carbonyl (C=O) groups excluding carboxylic acids is 1. The van der Waals surface area contributed by atoms with Crippen LogP contribution in [0.5, 0.6) is 0 Å². The van der Waals surface area contributed by atoms with Gasteiger partial charge in [0, 0.05) is 6.42 Å². The summed E-state index contributed by atoms with van der Waals surface area (Å²) in [5, 5.41) is 8.22. The molecule has 5 nitrogen and oxygen atoms in total. The van der Waals surface area contributed by atoms with Crippen molar-refractivity contribution < 1.29 is 14.7 Å². The van der Waals surface area contributed by atoms with Crippen molar-refractivity contribution >= 4 is 11.9 Å². The van der Waals surface area contributed by atoms with Crippen LogP contribution in [0.25, 0.3) is 0 Å². The van der Waals surface area contributed by atoms with Crippen molar-refractivity contribution in [1.29, 1.82) is 0 Å². The molecule has 0 bridgehead atoms. The van der Waals surface area contributed by atoms with Crippen LogP contribution in [0.1, 0.15) is 12.8 Å². The lowest BCUT2D eigenvalue weighted by Crippen LogP contribution is -2.31. The Hall–Kier alpha value is -1.10. The van der Waals surface area contributed by atoms with E-state index < -0.39 is 17.9 Å². The Labute approximate surface area is 58.0 Å². The second-order valence-corrected chi connectivity index (χ2v) is 1.95. The van der Waals surface area contributed by atoms with Crippen molar-refractivity contribution in [2.24, 2.45) is 11.5 Å². The summed E-state index contributed by atoms with van der Waals surface area (Å²) in [6, 6.07) is -0.979. The van der Waals surface area contributed by atoms with E-state index in [-0.39, 0.29) is 12.8 Å². The number of primary amides is 1. The maximum atomic E-state index is 10.1. The van der Waals surface area contributed by atoms with Gasteiger partial charge in [0.25, 0.3) is 0 Å². The molecule has 0 saturated carbocycles. The fourth-order valence-electron chi connectivity index (χ4n) is 0.421. The van der Waals surface area contributed by atoms with Gasteiger partial charge in [-0.05, 0) is 6.42 Å². The monoisotopic (exact) mass is 151 g/mol. The molecule has 0 unspecified atom stereocenters. The maximum Gasteiger partial charge on any atom is 0.320 e. The number of carbonyl (C=O) groups is 2. The summed E-state index contributed by atoms with van der Waals surface area (Å²) in [5.41, 5.74) is 9.81. The number of aliphatic carboxylic acids is 1. The van der Waals surface area contributed by atoms with Crippen LogP contribution in [-0.4, -0.2) is 23.0 Å². The number of rotatable bonds is 4. The second-order valence-electron chi connectivity index (χ2n) is 1.95. The van der Waals surface area contributed by atoms with E-state index in [0.717, 1.165) is 0 Å². The van der Waals surface area contributed by atoms with Gasteiger partial charge in [-0.3, -0.25) is 9.59 Å². The minimum absolute atomic E-state index is 0.0213. The summed E-state index contributed by atoms with van der Waals surface area (Å²) in [5.74, 6) is -1.64. The Bertz CT molecular complexity index is 146. The van der Waals surface area contributed by atoms with Crippen molar-refractivity contribution in [3.05, 3.63) is 0 Å². The highest BCUT2D eigenvalue weighted by molar-refractivity contribution is 5.76. The molecule has 0 aliphatic rings. The largest absolute Gasteiger partial charge is 0.480 e. The summed E-state index contributed by atoms with van der Waals surface area (Å²) >= 11 is 0. The molecule has 1 atom stereocenters. The SMILES string of the molecule is N[13C](=O)[13CH2][13CH2][13C@H](N)[13C](=O)O. The maximum absolute atomic E-state index is 10.1. The molecule has 0 aliphatic carbocycles. The van der Waals surface area contributed by atoms with Crippen LogP contribution in [-0.2, 0) is 9.59 Å². The quantitative estimate of drug-likeness (QED) is 0.432. The molecule has 5 N–H and O–H groups in total. The highest BCUT2D eigenvalue weighted by Gasteiger charge is 2.11. The zero-order valence-corrected chi connectivity index (χ0v) is 5.41. The van der Waals surface area contributed by atoms with Gasteiger partial charge in [0.05, 0.1) is 0 Å². The van der Waals surface area contributed by atoms with Crippen LogP contribution >= 0.6 is 0 Å². The van der Waals surface area contributed by atoms with E-state index >= 15 is 0 Å². The summed E-state index contributed by atoms with van der Waals surface area (Å²) < 4.78 is 0. The van der Waals surface area contributed by atoms with E-state index in [1.54, 1.807) is 0 Å². The summed E-state index contributed by atoms with van der Waals surface area (Å²) in [6.45, 7) is 0. The molecule has 0 aliphatic heterocycles. The van der Waals surface area contributed by atoms with Crippen LogP contribution in [0.15, 0.2) is 0 Å². The first-order chi connectivity index (χ1) is 4.54. The third-order valence-corrected chi connectivity index (χ3v) is 1.02. The highest BCUT2D eigenvalue weighted by Crippen LogP contribution is 1.92. The lowest BCUT2D eigenvalue weighted by Gasteiger charge is -2.01. The van der Waals surface area contributed by atoms with Gasteiger partial charge in [-0.15, -0.1) is 0 Å². The number of carboxylic acids is 1. The molecule has 5 heteroatoms. The van der Waals surface area contributed by atoms with Gasteiger partial charge in [-0.25, -0.2) is 0 Å². The van der Waals surface area contributed by atoms with Crippen molar-refractivity contribution in [3.63, 3.8) is 0 Å². The number of nitrogens with two attached hydrogens (primary N) is 2. The normalized spacial score (nSPS) is 12.5. The number of amides is 1. The van der Waals surface area contributed by atoms with Gasteiger partial charge in [0.1, 0.15) is 6.04 Å². The lowest BCUT2D eigenvalue weighted by atomic mass is 11.1. The molecule has 0 rings (SSSR count). The average Bonchev–Trinajstić information content (AvgIpc) is 1.82. The van der Waals surface area contributed by atoms with E-state index in [0.29, 0.717) is 0 Å². The predicted molar refractivity (Wildman–Crippen MR) is 34.0 cm³/mol. The van der Waals surface area contributed by atoms with Crippen molar-refractivity contribution in [2.45, 2.75) is 18.9 Å². The first kappa shape index (κ1) is 8.90. The Balaban J connectivity index is 3.49. The van der Waals surface area contributed by atoms with E-state index in [1.807, 2.05) is 0 Å². The molecular weight excluding hydrogens is 141 g/mol. The standard InChI is InChI=1S/C5H10N2O3/c6-3(5(9)10)1-2-4(7)8/h3H,1-2,6H2,(H2,7,8)(H,9,10)/t3-/m0/s1/i1+1,2+1,3+1,4+1,5+1. The van der Waals surface area contributed by atoms with E-state index in [4.69, 9.17) is 16.6 Å². The Morgan fingerprint density at radius 2 is 2.00 bits per heavy atom. The molecule has 58 valence electrons. The number of hydrogen-bond acceptors (Lipinski definition) is 3. The minimum atomic E-state index is -1.11. The molecule has 10 heavy (non-hydrogen) atoms. The highest BCUT2D eigenvalue weighted by atomic mass is 16.5. The average molecular weight is 151 g/mol. The van der Waals surface area contributed by atoms with Gasteiger partial charge in [-0.2, -0.15) is 0 Å². The lowest BCUT2D eigenvalue weighted by molar-refractivity contribution is -0.138. The van der Waals surface area contributed by atoms with E-state index in [1.165, 1.54) is 0 Å². The van der Waals surface area contributed by atoms with Gasteiger partial charge in [0.15, 0.2) is 0 Å². The molecule has 0 aromatic heterocycles. The van der Waals surface area contributed by atoms with Gasteiger partial charge in [0.2, 0.25) is 5.91 Å². The van der Waals surface area contributed by atoms with Crippen LogP contribution < -0.4 is 11.5 Å². The van der Waals surface area contributed by atoms with Crippen LogP contribution in [0, 0.1) is 0 Å². The first-order valence-corrected chi connectivity index (χ1v) is 2.80. The zero-order valence-electron chi connectivity index (χ0n) is 5.41. The first-order valence-electron chi connectivity index (χ1n) is 2.80. The zero-order chi connectivity index (χ0) is 8.15. The second kappa shape index (κ2) is 3.84. The van der Waals surface area contributed by atoms with Crippen molar-refractivity contribution in [1.82, 2.24) is 0 Å². The fourth-order valence-corrected chi connectivity index (χ4v) is 0.421. The molecule has 0 fully saturated rings. The minimum Gasteiger partial charge on any atom is -0.480 e. The fraction of sp³-hybridized carbons (Fsp3) is 0.600.